The molecular weight excluding hydrogens is 488 g/mol. The summed E-state index contributed by atoms with van der Waals surface area (Å²) >= 11 is 0. The number of hydrogen-bond acceptors (Lipinski definition) is 3. The second-order valence-corrected chi connectivity index (χ2v) is 9.90. The topological polar surface area (TPSA) is 18.8 Å². The third-order valence-electron chi connectivity index (χ3n) is 7.21. The summed E-state index contributed by atoms with van der Waals surface area (Å²) in [6.07, 6.45) is 11.7. The van der Waals surface area contributed by atoms with E-state index in [4.69, 9.17) is 0 Å². The molecule has 0 spiro atoms. The van der Waals surface area contributed by atoms with Crippen molar-refractivity contribution in [3.8, 4) is 0 Å². The second kappa shape index (κ2) is 14.6. The van der Waals surface area contributed by atoms with Gasteiger partial charge in [-0.3, -0.25) is 4.99 Å². The van der Waals surface area contributed by atoms with Gasteiger partial charge in [-0.2, -0.15) is 0 Å². The van der Waals surface area contributed by atoms with Gasteiger partial charge in [-0.1, -0.05) is 77.3 Å². The molecule has 0 saturated heterocycles. The molecule has 1 aromatic rings. The highest BCUT2D eigenvalue weighted by atomic mass is 19.2. The Morgan fingerprint density at radius 3 is 2.28 bits per heavy atom. The molecule has 0 radical (unpaired) electrons. The Morgan fingerprint density at radius 2 is 1.74 bits per heavy atom. The first-order chi connectivity index (χ1) is 18.6. The molecular formula is C34H45F2N3. The van der Waals surface area contributed by atoms with Crippen molar-refractivity contribution in [2.24, 2.45) is 10.9 Å². The van der Waals surface area contributed by atoms with Gasteiger partial charge in [-0.05, 0) is 62.8 Å². The maximum Gasteiger partial charge on any atom is 0.168 e. The Balaban J connectivity index is 2.39. The molecule has 2 rings (SSSR count). The maximum atomic E-state index is 15.1. The average Bonchev–Trinajstić information content (AvgIpc) is 2.92. The van der Waals surface area contributed by atoms with Gasteiger partial charge >= 0.3 is 0 Å². The van der Waals surface area contributed by atoms with Crippen LogP contribution >= 0.6 is 0 Å². The van der Waals surface area contributed by atoms with Gasteiger partial charge in [0.25, 0.3) is 0 Å². The summed E-state index contributed by atoms with van der Waals surface area (Å²) in [4.78, 5) is 8.74. The third kappa shape index (κ3) is 7.14. The number of benzene rings is 1. The van der Waals surface area contributed by atoms with Crippen molar-refractivity contribution >= 4 is 11.4 Å². The third-order valence-corrected chi connectivity index (χ3v) is 7.21. The van der Waals surface area contributed by atoms with Gasteiger partial charge in [0.15, 0.2) is 11.6 Å². The zero-order valence-electron chi connectivity index (χ0n) is 24.9. The monoisotopic (exact) mass is 533 g/mol. The van der Waals surface area contributed by atoms with Crippen molar-refractivity contribution in [3.63, 3.8) is 0 Å². The van der Waals surface area contributed by atoms with E-state index in [9.17, 15) is 4.39 Å². The number of halogens is 2. The first-order valence-corrected chi connectivity index (χ1v) is 13.9. The van der Waals surface area contributed by atoms with Crippen LogP contribution in [-0.2, 0) is 6.42 Å². The standard InChI is InChI=1S/C34H45F2N3/c1-11-19-38(20-12-2)26(9)29(14-4)24(7)22-23(6)25(8)34-27(10)39(21-18-37-34)31(15-5)30-17-16-28(13-3)32(35)33(30)36/h14-18,21-22,25H,4,9-13,19-20H2,1-3,5-8H3/b23-22+,29-24+,31-15-. The fourth-order valence-electron chi connectivity index (χ4n) is 4.90. The fraction of sp³-hybridized carbons (Fsp3) is 0.382. The molecule has 0 aliphatic carbocycles. The van der Waals surface area contributed by atoms with Crippen LogP contribution in [0.25, 0.3) is 5.70 Å². The molecule has 1 aliphatic rings. The van der Waals surface area contributed by atoms with E-state index in [1.54, 1.807) is 49.4 Å². The minimum atomic E-state index is -0.852. The molecule has 1 aliphatic heterocycles. The summed E-state index contributed by atoms with van der Waals surface area (Å²) in [7, 11) is 0. The number of nitrogens with zero attached hydrogens (tertiary/aromatic N) is 3. The minimum Gasteiger partial charge on any atom is -0.372 e. The van der Waals surface area contributed by atoms with E-state index >= 15 is 4.39 Å². The molecule has 0 bridgehead atoms. The fourth-order valence-corrected chi connectivity index (χ4v) is 4.90. The van der Waals surface area contributed by atoms with Crippen molar-refractivity contribution < 1.29 is 8.78 Å². The molecule has 0 saturated carbocycles. The van der Waals surface area contributed by atoms with Crippen LogP contribution in [0.1, 0.15) is 72.4 Å². The van der Waals surface area contributed by atoms with E-state index in [1.807, 2.05) is 6.08 Å². The Kier molecular flexibility index (Phi) is 11.9. The summed E-state index contributed by atoms with van der Waals surface area (Å²) in [6.45, 7) is 28.8. The molecule has 39 heavy (non-hydrogen) atoms. The second-order valence-electron chi connectivity index (χ2n) is 9.90. The van der Waals surface area contributed by atoms with Crippen molar-refractivity contribution in [1.29, 1.82) is 0 Å². The zero-order valence-corrected chi connectivity index (χ0v) is 24.9. The van der Waals surface area contributed by atoms with Crippen molar-refractivity contribution in [2.45, 2.75) is 67.7 Å². The highest BCUT2D eigenvalue weighted by Gasteiger charge is 2.26. The Morgan fingerprint density at radius 1 is 1.10 bits per heavy atom. The summed E-state index contributed by atoms with van der Waals surface area (Å²) in [5, 5.41) is 0. The summed E-state index contributed by atoms with van der Waals surface area (Å²) < 4.78 is 29.7. The van der Waals surface area contributed by atoms with Gasteiger partial charge in [0.05, 0.1) is 17.1 Å². The van der Waals surface area contributed by atoms with E-state index in [0.29, 0.717) is 23.4 Å². The van der Waals surface area contributed by atoms with Crippen LogP contribution in [0.15, 0.2) is 95.6 Å². The van der Waals surface area contributed by atoms with Crippen LogP contribution in [0.5, 0.6) is 0 Å². The first kappa shape index (κ1) is 31.7. The molecule has 0 aromatic heterocycles. The molecule has 0 N–H and O–H groups in total. The van der Waals surface area contributed by atoms with Crippen LogP contribution in [0.2, 0.25) is 0 Å². The first-order valence-electron chi connectivity index (χ1n) is 13.9. The molecule has 210 valence electrons. The van der Waals surface area contributed by atoms with Gasteiger partial charge in [0.2, 0.25) is 0 Å². The van der Waals surface area contributed by atoms with Gasteiger partial charge in [-0.15, -0.1) is 0 Å². The minimum absolute atomic E-state index is 0.0660. The normalized spacial score (nSPS) is 15.7. The van der Waals surface area contributed by atoms with Crippen molar-refractivity contribution in [2.75, 3.05) is 13.1 Å². The molecule has 1 unspecified atom stereocenters. The molecule has 1 aromatic carbocycles. The highest BCUT2D eigenvalue weighted by molar-refractivity contribution is 6.04. The van der Waals surface area contributed by atoms with Crippen LogP contribution in [0.4, 0.5) is 8.78 Å². The van der Waals surface area contributed by atoms with Crippen LogP contribution in [-0.4, -0.2) is 28.6 Å². The van der Waals surface area contributed by atoms with Gasteiger partial charge in [0, 0.05) is 42.7 Å². The molecule has 5 heteroatoms. The van der Waals surface area contributed by atoms with E-state index in [-0.39, 0.29) is 11.5 Å². The van der Waals surface area contributed by atoms with E-state index < -0.39 is 11.6 Å². The zero-order chi connectivity index (χ0) is 29.3. The number of aliphatic imine (C=N–C) groups is 1. The number of allylic oxidation sites excluding steroid dienone is 6. The average molecular weight is 534 g/mol. The molecule has 3 nitrogen and oxygen atoms in total. The summed E-state index contributed by atoms with van der Waals surface area (Å²) in [6, 6.07) is 3.27. The highest BCUT2D eigenvalue weighted by Crippen LogP contribution is 2.33. The van der Waals surface area contributed by atoms with Crippen molar-refractivity contribution in [3.05, 3.63) is 113 Å². The predicted molar refractivity (Wildman–Crippen MR) is 164 cm³/mol. The summed E-state index contributed by atoms with van der Waals surface area (Å²) in [5.41, 5.74) is 6.64. The lowest BCUT2D eigenvalue weighted by atomic mass is 9.91. The Bertz CT molecular complexity index is 1240. The molecule has 1 heterocycles. The lowest BCUT2D eigenvalue weighted by Gasteiger charge is -2.31. The quantitative estimate of drug-likeness (QED) is 0.235. The lowest BCUT2D eigenvalue weighted by molar-refractivity contribution is 0.353. The Labute approximate surface area is 235 Å². The van der Waals surface area contributed by atoms with Crippen molar-refractivity contribution in [1.82, 2.24) is 9.80 Å². The van der Waals surface area contributed by atoms with Crippen LogP contribution in [0.3, 0.4) is 0 Å². The van der Waals surface area contributed by atoms with Crippen LogP contribution < -0.4 is 0 Å². The molecule has 0 amide bonds. The van der Waals surface area contributed by atoms with E-state index in [0.717, 1.165) is 54.1 Å². The van der Waals surface area contributed by atoms with Gasteiger partial charge in [-0.25, -0.2) is 8.78 Å². The maximum absolute atomic E-state index is 15.1. The van der Waals surface area contributed by atoms with Gasteiger partial charge in [0.1, 0.15) is 0 Å². The van der Waals surface area contributed by atoms with Gasteiger partial charge < -0.3 is 9.80 Å². The predicted octanol–water partition coefficient (Wildman–Crippen LogP) is 9.35. The SMILES string of the molecule is C=C/C(C(=C)N(CCC)CCC)=C(C)\C=C(/C)C(C)C1=NC=CN(/C(=C\C)c2ccc(CC)c(F)c2F)C1=C. The number of hydrogen-bond donors (Lipinski definition) is 0. The van der Waals surface area contributed by atoms with E-state index in [2.05, 4.69) is 70.3 Å². The number of rotatable bonds is 13. The molecule has 0 fully saturated rings. The summed E-state index contributed by atoms with van der Waals surface area (Å²) in [5.74, 6) is -1.72. The largest absolute Gasteiger partial charge is 0.372 e. The smallest absolute Gasteiger partial charge is 0.168 e. The van der Waals surface area contributed by atoms with Crippen LogP contribution in [0, 0.1) is 17.6 Å². The number of aryl methyl sites for hydroxylation is 1. The van der Waals surface area contributed by atoms with E-state index in [1.165, 1.54) is 0 Å². The lowest BCUT2D eigenvalue weighted by Crippen LogP contribution is -2.28. The molecule has 1 atom stereocenters. The Hall–Kier alpha value is -3.47.